The fourth-order valence-electron chi connectivity index (χ4n) is 2.73. The molecule has 0 unspecified atom stereocenters. The fourth-order valence-corrected chi connectivity index (χ4v) is 4.17. The molecule has 0 N–H and O–H groups in total. The molecule has 0 atom stereocenters. The zero-order chi connectivity index (χ0) is 16.6. The summed E-state index contributed by atoms with van der Waals surface area (Å²) < 4.78 is 32.3. The van der Waals surface area contributed by atoms with Crippen molar-refractivity contribution < 1.29 is 12.8 Å². The average Bonchev–Trinajstić information content (AvgIpc) is 3.10. The fraction of sp³-hybridized carbons (Fsp3) is 0.267. The second kappa shape index (κ2) is 5.84. The van der Waals surface area contributed by atoms with Crippen molar-refractivity contribution in [3.8, 4) is 0 Å². The summed E-state index contributed by atoms with van der Waals surface area (Å²) in [6.45, 7) is 1.87. The molecule has 0 radical (unpaired) electrons. The number of nitrogens with zero attached hydrogens (tertiary/aromatic N) is 5. The van der Waals surface area contributed by atoms with Crippen LogP contribution in [-0.2, 0) is 10.0 Å². The van der Waals surface area contributed by atoms with Crippen LogP contribution in [0.1, 0.15) is 0 Å². The van der Waals surface area contributed by atoms with Crippen molar-refractivity contribution in [2.24, 2.45) is 0 Å². The van der Waals surface area contributed by atoms with Crippen LogP contribution in [0.3, 0.4) is 0 Å². The first-order chi connectivity index (χ1) is 11.6. The van der Waals surface area contributed by atoms with Gasteiger partial charge in [0, 0.05) is 44.6 Å². The lowest BCUT2D eigenvalue weighted by Gasteiger charge is -2.33. The highest BCUT2D eigenvalue weighted by Crippen LogP contribution is 2.22. The Hall–Kier alpha value is -2.52. The normalized spacial score (nSPS) is 16.6. The maximum atomic E-state index is 12.8. The summed E-state index contributed by atoms with van der Waals surface area (Å²) in [4.78, 5) is 14.6. The number of rotatable bonds is 3. The molecule has 0 bridgehead atoms. The van der Waals surface area contributed by atoms with Crippen LogP contribution in [0.25, 0.3) is 11.1 Å². The first-order valence-corrected chi connectivity index (χ1v) is 8.94. The zero-order valence-electron chi connectivity index (χ0n) is 12.7. The van der Waals surface area contributed by atoms with Crippen LogP contribution < -0.4 is 4.90 Å². The number of sulfonamides is 1. The molecule has 1 aliphatic rings. The van der Waals surface area contributed by atoms with Gasteiger partial charge in [-0.3, -0.25) is 0 Å². The van der Waals surface area contributed by atoms with Crippen LogP contribution in [0.2, 0.25) is 0 Å². The van der Waals surface area contributed by atoms with E-state index < -0.39 is 10.0 Å². The minimum atomic E-state index is -3.56. The van der Waals surface area contributed by atoms with Crippen LogP contribution in [-0.4, -0.2) is 53.9 Å². The van der Waals surface area contributed by atoms with Gasteiger partial charge >= 0.3 is 0 Å². The van der Waals surface area contributed by atoms with Crippen molar-refractivity contribution in [1.29, 1.82) is 0 Å². The Balaban J connectivity index is 1.53. The molecule has 124 valence electrons. The number of aromatic nitrogens is 3. The van der Waals surface area contributed by atoms with Gasteiger partial charge in [-0.25, -0.2) is 23.4 Å². The van der Waals surface area contributed by atoms with Gasteiger partial charge in [-0.1, -0.05) is 0 Å². The van der Waals surface area contributed by atoms with Crippen molar-refractivity contribution in [2.75, 3.05) is 31.1 Å². The molecule has 8 nitrogen and oxygen atoms in total. The van der Waals surface area contributed by atoms with E-state index in [1.807, 2.05) is 4.90 Å². The molecule has 3 heterocycles. The van der Waals surface area contributed by atoms with Gasteiger partial charge in [0.2, 0.25) is 16.0 Å². The third kappa shape index (κ3) is 2.61. The lowest BCUT2D eigenvalue weighted by atomic mass is 10.3. The molecule has 4 rings (SSSR count). The Morgan fingerprint density at radius 2 is 1.75 bits per heavy atom. The number of hydrogen-bond donors (Lipinski definition) is 0. The predicted molar refractivity (Wildman–Crippen MR) is 87.0 cm³/mol. The van der Waals surface area contributed by atoms with Gasteiger partial charge < -0.3 is 9.32 Å². The summed E-state index contributed by atoms with van der Waals surface area (Å²) in [7, 11) is -3.56. The van der Waals surface area contributed by atoms with Gasteiger partial charge in [0.15, 0.2) is 12.0 Å². The third-order valence-electron chi connectivity index (χ3n) is 4.01. The first kappa shape index (κ1) is 15.0. The SMILES string of the molecule is O=S(=O)(c1ccc2ncoc2c1)N1CCN(c2ncccn2)CC1. The molecule has 0 aliphatic carbocycles. The smallest absolute Gasteiger partial charge is 0.243 e. The van der Waals surface area contributed by atoms with Crippen LogP contribution >= 0.6 is 0 Å². The average molecular weight is 345 g/mol. The second-order valence-corrected chi connectivity index (χ2v) is 7.36. The number of piperazine rings is 1. The van der Waals surface area contributed by atoms with Gasteiger partial charge in [-0.15, -0.1) is 0 Å². The molecular weight excluding hydrogens is 330 g/mol. The Kier molecular flexibility index (Phi) is 3.66. The van der Waals surface area contributed by atoms with Gasteiger partial charge in [-0.05, 0) is 18.2 Å². The van der Waals surface area contributed by atoms with Crippen LogP contribution in [0.5, 0.6) is 0 Å². The molecule has 0 saturated carbocycles. The highest BCUT2D eigenvalue weighted by molar-refractivity contribution is 7.89. The van der Waals surface area contributed by atoms with Crippen LogP contribution in [0.15, 0.2) is 52.4 Å². The predicted octanol–water partition coefficient (Wildman–Crippen LogP) is 1.13. The van der Waals surface area contributed by atoms with E-state index in [4.69, 9.17) is 4.42 Å². The monoisotopic (exact) mass is 345 g/mol. The topological polar surface area (TPSA) is 92.4 Å². The Morgan fingerprint density at radius 3 is 2.50 bits per heavy atom. The van der Waals surface area contributed by atoms with Crippen molar-refractivity contribution in [3.05, 3.63) is 43.1 Å². The summed E-state index contributed by atoms with van der Waals surface area (Å²) >= 11 is 0. The van der Waals surface area contributed by atoms with Gasteiger partial charge in [0.1, 0.15) is 5.52 Å². The van der Waals surface area contributed by atoms with Crippen LogP contribution in [0, 0.1) is 0 Å². The van der Waals surface area contributed by atoms with E-state index in [-0.39, 0.29) is 4.90 Å². The van der Waals surface area contributed by atoms with E-state index in [1.54, 1.807) is 30.6 Å². The quantitative estimate of drug-likeness (QED) is 0.702. The molecule has 24 heavy (non-hydrogen) atoms. The van der Waals surface area contributed by atoms with Gasteiger partial charge in [0.25, 0.3) is 0 Å². The van der Waals surface area contributed by atoms with E-state index in [0.29, 0.717) is 43.2 Å². The highest BCUT2D eigenvalue weighted by atomic mass is 32.2. The third-order valence-corrected chi connectivity index (χ3v) is 5.91. The number of oxazole rings is 1. The highest BCUT2D eigenvalue weighted by Gasteiger charge is 2.29. The van der Waals surface area contributed by atoms with E-state index in [1.165, 1.54) is 16.8 Å². The number of anilines is 1. The maximum absolute atomic E-state index is 12.8. The van der Waals surface area contributed by atoms with Crippen molar-refractivity contribution in [3.63, 3.8) is 0 Å². The van der Waals surface area contributed by atoms with E-state index >= 15 is 0 Å². The number of fused-ring (bicyclic) bond motifs is 1. The van der Waals surface area contributed by atoms with E-state index in [2.05, 4.69) is 15.0 Å². The molecule has 9 heteroatoms. The van der Waals surface area contributed by atoms with E-state index in [9.17, 15) is 8.42 Å². The summed E-state index contributed by atoms with van der Waals surface area (Å²) in [5, 5.41) is 0. The Bertz CT molecular complexity index is 949. The molecule has 0 amide bonds. The van der Waals surface area contributed by atoms with Gasteiger partial charge in [-0.2, -0.15) is 4.31 Å². The number of benzene rings is 1. The lowest BCUT2D eigenvalue weighted by Crippen LogP contribution is -2.49. The minimum Gasteiger partial charge on any atom is -0.443 e. The molecule has 3 aromatic rings. The summed E-state index contributed by atoms with van der Waals surface area (Å²) in [6, 6.07) is 6.49. The van der Waals surface area contributed by atoms with Crippen molar-refractivity contribution in [1.82, 2.24) is 19.3 Å². The molecule has 0 spiro atoms. The maximum Gasteiger partial charge on any atom is 0.243 e. The van der Waals surface area contributed by atoms with Gasteiger partial charge in [0.05, 0.1) is 4.90 Å². The van der Waals surface area contributed by atoms with Crippen molar-refractivity contribution in [2.45, 2.75) is 4.90 Å². The molecular formula is C15H15N5O3S. The molecule has 1 aromatic carbocycles. The molecule has 1 fully saturated rings. The summed E-state index contributed by atoms with van der Waals surface area (Å²) in [6.07, 6.45) is 4.66. The lowest BCUT2D eigenvalue weighted by molar-refractivity contribution is 0.382. The Morgan fingerprint density at radius 1 is 1.00 bits per heavy atom. The van der Waals surface area contributed by atoms with Crippen LogP contribution in [0.4, 0.5) is 5.95 Å². The standard InChI is InChI=1S/C15H15N5O3S/c21-24(22,12-2-3-13-14(10-12)23-11-18-13)20-8-6-19(7-9-20)15-16-4-1-5-17-15/h1-5,10-11H,6-9H2. The molecule has 1 saturated heterocycles. The first-order valence-electron chi connectivity index (χ1n) is 7.50. The summed E-state index contributed by atoms with van der Waals surface area (Å²) in [5.74, 6) is 0.623. The van der Waals surface area contributed by atoms with E-state index in [0.717, 1.165) is 0 Å². The Labute approximate surface area is 138 Å². The molecule has 2 aromatic heterocycles. The number of hydrogen-bond acceptors (Lipinski definition) is 7. The zero-order valence-corrected chi connectivity index (χ0v) is 13.6. The largest absolute Gasteiger partial charge is 0.443 e. The summed E-state index contributed by atoms with van der Waals surface area (Å²) in [5.41, 5.74) is 1.10. The van der Waals surface area contributed by atoms with Crippen molar-refractivity contribution >= 4 is 27.1 Å². The second-order valence-electron chi connectivity index (χ2n) is 5.42. The minimum absolute atomic E-state index is 0.219. The molecule has 1 aliphatic heterocycles.